The zero-order chi connectivity index (χ0) is 12.5. The third-order valence-electron chi connectivity index (χ3n) is 3.69. The lowest BCUT2D eigenvalue weighted by molar-refractivity contribution is 0.384. The van der Waals surface area contributed by atoms with Crippen LogP contribution in [0.2, 0.25) is 0 Å². The Morgan fingerprint density at radius 3 is 2.84 bits per heavy atom. The van der Waals surface area contributed by atoms with Crippen LogP contribution in [0.15, 0.2) is 24.3 Å². The zero-order valence-electron chi connectivity index (χ0n) is 11.6. The van der Waals surface area contributed by atoms with E-state index in [0.29, 0.717) is 0 Å². The topological polar surface area (TPSA) is 8.17 Å². The summed E-state index contributed by atoms with van der Waals surface area (Å²) < 4.78 is 2.55. The highest BCUT2D eigenvalue weighted by Gasteiger charge is 2.19. The van der Waals surface area contributed by atoms with Crippen molar-refractivity contribution in [1.29, 1.82) is 0 Å². The molecule has 0 aliphatic carbocycles. The molecular weight excluding hydrogens is 276 g/mol. The Morgan fingerprint density at radius 2 is 2.05 bits per heavy atom. The number of benzene rings is 1. The SMILES string of the molecule is CN(C)CCn1c2c(c3ccccc31)CSCC2.Cl. The van der Waals surface area contributed by atoms with Crippen LogP contribution in [0.25, 0.3) is 10.9 Å². The van der Waals surface area contributed by atoms with Crippen molar-refractivity contribution in [3.8, 4) is 0 Å². The first kappa shape index (κ1) is 14.8. The van der Waals surface area contributed by atoms with Crippen LogP contribution in [0.5, 0.6) is 0 Å². The van der Waals surface area contributed by atoms with E-state index in [2.05, 4.69) is 59.6 Å². The predicted molar refractivity (Wildman–Crippen MR) is 87.6 cm³/mol. The van der Waals surface area contributed by atoms with Gasteiger partial charge >= 0.3 is 0 Å². The minimum atomic E-state index is 0. The van der Waals surface area contributed by atoms with Crippen LogP contribution in [0.3, 0.4) is 0 Å². The number of hydrogen-bond donors (Lipinski definition) is 0. The molecule has 3 rings (SSSR count). The molecule has 19 heavy (non-hydrogen) atoms. The standard InChI is InChI=1S/C15H20N2S.ClH/c1-16(2)8-9-17-14-6-4-3-5-12(14)13-11-18-10-7-15(13)17;/h3-6H,7-11H2,1-2H3;1H. The van der Waals surface area contributed by atoms with Crippen LogP contribution in [0, 0.1) is 0 Å². The monoisotopic (exact) mass is 296 g/mol. The Kier molecular flexibility index (Phi) is 4.82. The Hall–Kier alpha value is -0.640. The van der Waals surface area contributed by atoms with Crippen molar-refractivity contribution in [2.45, 2.75) is 18.7 Å². The average molecular weight is 297 g/mol. The van der Waals surface area contributed by atoms with E-state index in [1.165, 1.54) is 28.8 Å². The summed E-state index contributed by atoms with van der Waals surface area (Å²) in [5.74, 6) is 2.45. The summed E-state index contributed by atoms with van der Waals surface area (Å²) in [6.45, 7) is 2.21. The number of aromatic nitrogens is 1. The number of hydrogen-bond acceptors (Lipinski definition) is 2. The highest BCUT2D eigenvalue weighted by atomic mass is 35.5. The van der Waals surface area contributed by atoms with E-state index in [9.17, 15) is 0 Å². The third kappa shape index (κ3) is 2.78. The second-order valence-electron chi connectivity index (χ2n) is 5.20. The summed E-state index contributed by atoms with van der Waals surface area (Å²) in [5, 5.41) is 1.47. The molecule has 1 aliphatic heterocycles. The maximum absolute atomic E-state index is 2.55. The molecule has 104 valence electrons. The van der Waals surface area contributed by atoms with E-state index in [1.807, 2.05) is 0 Å². The lowest BCUT2D eigenvalue weighted by atomic mass is 10.1. The van der Waals surface area contributed by atoms with Crippen molar-refractivity contribution in [2.24, 2.45) is 0 Å². The van der Waals surface area contributed by atoms with Crippen molar-refractivity contribution >= 4 is 35.1 Å². The fourth-order valence-electron chi connectivity index (χ4n) is 2.77. The molecule has 0 N–H and O–H groups in total. The van der Waals surface area contributed by atoms with Crippen molar-refractivity contribution in [3.05, 3.63) is 35.5 Å². The van der Waals surface area contributed by atoms with Gasteiger partial charge in [-0.25, -0.2) is 0 Å². The Bertz CT molecular complexity index is 563. The van der Waals surface area contributed by atoms with Gasteiger partial charge in [-0.1, -0.05) is 18.2 Å². The predicted octanol–water partition coefficient (Wildman–Crippen LogP) is 3.41. The van der Waals surface area contributed by atoms with E-state index in [-0.39, 0.29) is 12.4 Å². The summed E-state index contributed by atoms with van der Waals surface area (Å²) in [5.41, 5.74) is 4.59. The van der Waals surface area contributed by atoms with Crippen LogP contribution < -0.4 is 0 Å². The number of para-hydroxylation sites is 1. The number of rotatable bonds is 3. The second-order valence-corrected chi connectivity index (χ2v) is 6.31. The highest BCUT2D eigenvalue weighted by molar-refractivity contribution is 7.98. The molecule has 0 radical (unpaired) electrons. The highest BCUT2D eigenvalue weighted by Crippen LogP contribution is 2.33. The summed E-state index contributed by atoms with van der Waals surface area (Å²) >= 11 is 2.07. The van der Waals surface area contributed by atoms with Gasteiger partial charge in [0.1, 0.15) is 0 Å². The summed E-state index contributed by atoms with van der Waals surface area (Å²) in [4.78, 5) is 2.26. The number of thioether (sulfide) groups is 1. The molecule has 0 saturated carbocycles. The van der Waals surface area contributed by atoms with Crippen molar-refractivity contribution < 1.29 is 0 Å². The van der Waals surface area contributed by atoms with E-state index in [4.69, 9.17) is 0 Å². The lowest BCUT2D eigenvalue weighted by Gasteiger charge is -2.17. The largest absolute Gasteiger partial charge is 0.343 e. The average Bonchev–Trinajstić information content (AvgIpc) is 2.71. The summed E-state index contributed by atoms with van der Waals surface area (Å²) in [6, 6.07) is 8.88. The minimum absolute atomic E-state index is 0. The molecule has 0 saturated heterocycles. The molecule has 2 nitrogen and oxygen atoms in total. The van der Waals surface area contributed by atoms with E-state index in [0.717, 1.165) is 13.1 Å². The van der Waals surface area contributed by atoms with E-state index >= 15 is 0 Å². The Morgan fingerprint density at radius 1 is 1.26 bits per heavy atom. The van der Waals surface area contributed by atoms with Crippen molar-refractivity contribution in [2.75, 3.05) is 26.4 Å². The molecule has 0 fully saturated rings. The van der Waals surface area contributed by atoms with Crippen molar-refractivity contribution in [1.82, 2.24) is 9.47 Å². The van der Waals surface area contributed by atoms with Crippen LogP contribution in [-0.4, -0.2) is 35.9 Å². The maximum atomic E-state index is 2.55. The molecule has 0 unspecified atom stereocenters. The molecule has 0 spiro atoms. The van der Waals surface area contributed by atoms with Crippen molar-refractivity contribution in [3.63, 3.8) is 0 Å². The maximum Gasteiger partial charge on any atom is 0.0486 e. The molecular formula is C15H21ClN2S. The fraction of sp³-hybridized carbons (Fsp3) is 0.467. The molecule has 0 bridgehead atoms. The second kappa shape index (κ2) is 6.21. The first-order chi connectivity index (χ1) is 8.77. The molecule has 1 aromatic carbocycles. The number of fused-ring (bicyclic) bond motifs is 3. The van der Waals surface area contributed by atoms with Crippen LogP contribution in [0.1, 0.15) is 11.3 Å². The normalized spacial score (nSPS) is 14.5. The third-order valence-corrected chi connectivity index (χ3v) is 4.68. The number of nitrogens with zero attached hydrogens (tertiary/aromatic N) is 2. The molecule has 0 atom stereocenters. The van der Waals surface area contributed by atoms with Gasteiger partial charge in [0.15, 0.2) is 0 Å². The Labute approximate surface area is 125 Å². The molecule has 2 aromatic rings. The minimum Gasteiger partial charge on any atom is -0.343 e. The van der Waals surface area contributed by atoms with Crippen LogP contribution >= 0.6 is 24.2 Å². The van der Waals surface area contributed by atoms with Gasteiger partial charge in [-0.2, -0.15) is 11.8 Å². The number of likely N-dealkylation sites (N-methyl/N-ethyl adjacent to an activating group) is 1. The Balaban J connectivity index is 0.00000133. The molecule has 2 heterocycles. The van der Waals surface area contributed by atoms with Gasteiger partial charge in [-0.05, 0) is 37.9 Å². The van der Waals surface area contributed by atoms with E-state index < -0.39 is 0 Å². The smallest absolute Gasteiger partial charge is 0.0486 e. The number of halogens is 1. The van der Waals surface area contributed by atoms with E-state index in [1.54, 1.807) is 11.3 Å². The molecule has 0 amide bonds. The van der Waals surface area contributed by atoms with Crippen LogP contribution in [-0.2, 0) is 18.7 Å². The van der Waals surface area contributed by atoms with Gasteiger partial charge < -0.3 is 9.47 Å². The molecule has 1 aliphatic rings. The van der Waals surface area contributed by atoms with Gasteiger partial charge in [0.25, 0.3) is 0 Å². The summed E-state index contributed by atoms with van der Waals surface area (Å²) in [7, 11) is 4.29. The fourth-order valence-corrected chi connectivity index (χ4v) is 3.78. The van der Waals surface area contributed by atoms with Gasteiger partial charge in [0, 0.05) is 35.4 Å². The molecule has 1 aromatic heterocycles. The van der Waals surface area contributed by atoms with Gasteiger partial charge in [-0.3, -0.25) is 0 Å². The molecule has 4 heteroatoms. The van der Waals surface area contributed by atoms with Gasteiger partial charge in [0.2, 0.25) is 0 Å². The quantitative estimate of drug-likeness (QED) is 0.858. The summed E-state index contributed by atoms with van der Waals surface area (Å²) in [6.07, 6.45) is 1.22. The van der Waals surface area contributed by atoms with Gasteiger partial charge in [-0.15, -0.1) is 12.4 Å². The zero-order valence-corrected chi connectivity index (χ0v) is 13.2. The van der Waals surface area contributed by atoms with Crippen LogP contribution in [0.4, 0.5) is 0 Å². The van der Waals surface area contributed by atoms with Gasteiger partial charge in [0.05, 0.1) is 0 Å². The first-order valence-electron chi connectivity index (χ1n) is 6.59. The first-order valence-corrected chi connectivity index (χ1v) is 7.74. The lowest BCUT2D eigenvalue weighted by Crippen LogP contribution is -2.20.